The van der Waals surface area contributed by atoms with Crippen LogP contribution in [0.5, 0.6) is 0 Å². The quantitative estimate of drug-likeness (QED) is 0.0839. The van der Waals surface area contributed by atoms with E-state index in [1.54, 1.807) is 0 Å². The van der Waals surface area contributed by atoms with Gasteiger partial charge in [0.2, 0.25) is 0 Å². The Labute approximate surface area is 285 Å². The fourth-order valence-electron chi connectivity index (χ4n) is 3.66. The molecule has 0 aliphatic heterocycles. The number of carbonyl (C=O) groups is 2. The van der Waals surface area contributed by atoms with Crippen LogP contribution in [0.15, 0.2) is 12.8 Å². The first-order valence-corrected chi connectivity index (χ1v) is 22.2. The minimum atomic E-state index is -1.23. The van der Waals surface area contributed by atoms with Crippen molar-refractivity contribution in [2.45, 2.75) is 214 Å². The van der Waals surface area contributed by atoms with Gasteiger partial charge in [-0.1, -0.05) is 162 Å². The van der Waals surface area contributed by atoms with Crippen molar-refractivity contribution in [1.29, 1.82) is 0 Å². The monoisotopic (exact) mass is 672 g/mol. The van der Waals surface area contributed by atoms with Gasteiger partial charge in [-0.05, 0) is 51.9 Å². The number of unbranched alkanes of at least 4 members (excludes halogenated alkanes) is 13. The number of ether oxygens (including phenoxy) is 1. The molecular weight excluding hydrogens is 579 g/mol. The first-order valence-electron chi connectivity index (χ1n) is 15.4. The Morgan fingerprint density at radius 2 is 0.841 bits per heavy atom. The van der Waals surface area contributed by atoms with Gasteiger partial charge in [0.1, 0.15) is 6.61 Å². The van der Waals surface area contributed by atoms with Crippen molar-refractivity contribution in [2.24, 2.45) is 5.73 Å². The maximum atomic E-state index is 11.2. The fourth-order valence-corrected chi connectivity index (χ4v) is 11.0. The van der Waals surface area contributed by atoms with E-state index in [9.17, 15) is 9.59 Å². The lowest BCUT2D eigenvalue weighted by molar-refractivity contribution is -0.145. The van der Waals surface area contributed by atoms with Crippen LogP contribution in [0.25, 0.3) is 0 Å². The van der Waals surface area contributed by atoms with Crippen molar-refractivity contribution in [3.8, 4) is 0 Å². The molecular formula is C37H93NO4Si2. The molecule has 0 fully saturated rings. The molecule has 2 N–H and O–H groups in total. The maximum absolute atomic E-state index is 11.2. The lowest BCUT2D eigenvalue weighted by atomic mass is 10.1. The Hall–Kier alpha value is -0.926. The molecule has 0 rings (SSSR count). The summed E-state index contributed by atoms with van der Waals surface area (Å²) in [6.45, 7) is 24.6. The first-order chi connectivity index (χ1) is 17.7. The molecule has 0 aliphatic carbocycles. The smallest absolute Gasteiger partial charge is 0.303 e. The molecule has 0 saturated heterocycles. The van der Waals surface area contributed by atoms with Crippen molar-refractivity contribution in [3.05, 3.63) is 12.8 Å². The molecule has 278 valence electrons. The summed E-state index contributed by atoms with van der Waals surface area (Å²) >= 11 is 0. The number of hydrogen-bond acceptors (Lipinski definition) is 5. The Morgan fingerprint density at radius 3 is 1.05 bits per heavy atom. The van der Waals surface area contributed by atoms with Crippen LogP contribution >= 0.6 is 0 Å². The van der Waals surface area contributed by atoms with Crippen molar-refractivity contribution in [2.75, 3.05) is 6.61 Å². The van der Waals surface area contributed by atoms with Crippen LogP contribution < -0.4 is 5.73 Å². The predicted molar refractivity (Wildman–Crippen MR) is 215 cm³/mol. The van der Waals surface area contributed by atoms with Crippen molar-refractivity contribution >= 4 is 28.4 Å². The van der Waals surface area contributed by atoms with Crippen LogP contribution in [0.4, 0.5) is 0 Å². The molecule has 5 nitrogen and oxygen atoms in total. The molecule has 0 amide bonds. The molecule has 0 unspecified atom stereocenters. The van der Waals surface area contributed by atoms with Gasteiger partial charge in [0.25, 0.3) is 0 Å². The number of carbonyl (C=O) groups excluding carboxylic acids is 2. The average molecular weight is 672 g/mol. The lowest BCUT2D eigenvalue weighted by Crippen LogP contribution is -2.39. The van der Waals surface area contributed by atoms with E-state index in [2.05, 4.69) is 77.1 Å². The molecule has 0 heterocycles. The zero-order valence-electron chi connectivity index (χ0n) is 27.5. The summed E-state index contributed by atoms with van der Waals surface area (Å²) in [6, 6.07) is 0. The van der Waals surface area contributed by atoms with Crippen LogP contribution in [0.1, 0.15) is 175 Å². The standard InChI is InChI=1S/C13H24O3.C10H22.C6H18OSi2.C2H5N.6CH4/c1-3-4-5-6-7-8-9-10-13(15)11-16-12(2)14;1-3-5-7-9-10-8-6-4-2;1-8(2,3)7-9(4,5)6;1-2-3;;;;;;/h3-11H2,1-2H3;3-10H2,1-2H3;1-6H3;2H,1,3H2;6*1H4. The normalized spacial score (nSPS) is 9.14. The van der Waals surface area contributed by atoms with Gasteiger partial charge in [0.05, 0.1) is 0 Å². The highest BCUT2D eigenvalue weighted by molar-refractivity contribution is 6.83. The van der Waals surface area contributed by atoms with Crippen LogP contribution in [0.2, 0.25) is 39.3 Å². The summed E-state index contributed by atoms with van der Waals surface area (Å²) in [7, 11) is -2.46. The summed E-state index contributed by atoms with van der Waals surface area (Å²) in [5, 5.41) is 0. The molecule has 0 atom stereocenters. The second-order valence-electron chi connectivity index (χ2n) is 11.9. The van der Waals surface area contributed by atoms with Gasteiger partial charge in [-0.25, -0.2) is 0 Å². The third-order valence-corrected chi connectivity index (χ3v) is 9.96. The van der Waals surface area contributed by atoms with E-state index >= 15 is 0 Å². The predicted octanol–water partition coefficient (Wildman–Crippen LogP) is 14.0. The second kappa shape index (κ2) is 51.6. The Bertz CT molecular complexity index is 497. The molecule has 0 aliphatic rings. The Balaban J connectivity index is -0.0000000458. The number of ketones is 1. The number of esters is 1. The van der Waals surface area contributed by atoms with E-state index < -0.39 is 16.6 Å². The highest BCUT2D eigenvalue weighted by Crippen LogP contribution is 2.12. The third-order valence-electron chi connectivity index (χ3n) is 5.07. The topological polar surface area (TPSA) is 78.6 Å². The van der Waals surface area contributed by atoms with Gasteiger partial charge in [0.15, 0.2) is 22.4 Å². The highest BCUT2D eigenvalue weighted by atomic mass is 28.4. The van der Waals surface area contributed by atoms with Crippen molar-refractivity contribution < 1.29 is 18.4 Å². The molecule has 0 bridgehead atoms. The third kappa shape index (κ3) is 97.0. The summed E-state index contributed by atoms with van der Waals surface area (Å²) in [5.74, 6) is -0.350. The van der Waals surface area contributed by atoms with Gasteiger partial charge < -0.3 is 14.6 Å². The van der Waals surface area contributed by atoms with Crippen molar-refractivity contribution in [1.82, 2.24) is 0 Å². The van der Waals surface area contributed by atoms with E-state index in [0.717, 1.165) is 12.8 Å². The molecule has 44 heavy (non-hydrogen) atoms. The van der Waals surface area contributed by atoms with Crippen molar-refractivity contribution in [3.63, 3.8) is 0 Å². The fraction of sp³-hybridized carbons (Fsp3) is 0.892. The van der Waals surface area contributed by atoms with Crippen LogP contribution in [-0.2, 0) is 18.4 Å². The van der Waals surface area contributed by atoms with E-state index in [1.807, 2.05) is 0 Å². The van der Waals surface area contributed by atoms with Gasteiger partial charge in [-0.15, -0.1) is 0 Å². The van der Waals surface area contributed by atoms with E-state index in [1.165, 1.54) is 96.6 Å². The Morgan fingerprint density at radius 1 is 0.591 bits per heavy atom. The second-order valence-corrected chi connectivity index (χ2v) is 21.1. The summed E-state index contributed by atoms with van der Waals surface area (Å²) in [4.78, 5) is 21.7. The molecule has 0 radical (unpaired) electrons. The zero-order chi connectivity index (χ0) is 30.3. The summed E-state index contributed by atoms with van der Waals surface area (Å²) in [6.07, 6.45) is 21.6. The van der Waals surface area contributed by atoms with Crippen LogP contribution in [-0.4, -0.2) is 35.0 Å². The van der Waals surface area contributed by atoms with Crippen LogP contribution in [0, 0.1) is 0 Å². The summed E-state index contributed by atoms with van der Waals surface area (Å²) < 4.78 is 10.5. The SMILES string of the molecule is C.C.C.C.C.C.C=CN.CCCCCCCCCC.CCCCCCCCCC(=O)COC(C)=O.C[Si](C)(C)O[Si](C)(C)C. The van der Waals surface area contributed by atoms with E-state index in [0.29, 0.717) is 6.42 Å². The summed E-state index contributed by atoms with van der Waals surface area (Å²) in [5.41, 5.74) is 4.61. The van der Waals surface area contributed by atoms with Gasteiger partial charge in [0, 0.05) is 13.3 Å². The molecule has 0 aromatic heterocycles. The molecule has 0 aromatic carbocycles. The van der Waals surface area contributed by atoms with Crippen LogP contribution in [0.3, 0.4) is 0 Å². The zero-order valence-corrected chi connectivity index (χ0v) is 29.5. The number of hydrogen-bond donors (Lipinski definition) is 1. The minimum absolute atomic E-state index is 0. The molecule has 0 saturated carbocycles. The van der Waals surface area contributed by atoms with Gasteiger partial charge >= 0.3 is 5.97 Å². The molecule has 0 aromatic rings. The van der Waals surface area contributed by atoms with E-state index in [4.69, 9.17) is 4.12 Å². The van der Waals surface area contributed by atoms with Gasteiger partial charge in [-0.2, -0.15) is 0 Å². The number of nitrogens with two attached hydrogens (primary N) is 1. The van der Waals surface area contributed by atoms with Gasteiger partial charge in [-0.3, -0.25) is 9.59 Å². The first kappa shape index (κ1) is 69.7. The number of Topliss-reactive ketones (excluding diaryl/α,β-unsaturated/α-hetero) is 1. The molecule has 7 heteroatoms. The maximum Gasteiger partial charge on any atom is 0.303 e. The average Bonchev–Trinajstić information content (AvgIpc) is 2.78. The molecule has 0 spiro atoms. The lowest BCUT2D eigenvalue weighted by Gasteiger charge is -2.27. The largest absolute Gasteiger partial charge is 0.458 e. The number of rotatable bonds is 19. The Kier molecular flexibility index (Phi) is 81.8. The minimum Gasteiger partial charge on any atom is -0.458 e. The highest BCUT2D eigenvalue weighted by Gasteiger charge is 2.24. The van der Waals surface area contributed by atoms with E-state index in [-0.39, 0.29) is 62.9 Å².